The van der Waals surface area contributed by atoms with Gasteiger partial charge in [0.05, 0.1) is 18.8 Å². The monoisotopic (exact) mass is 411 g/mol. The summed E-state index contributed by atoms with van der Waals surface area (Å²) < 4.78 is 49.2. The molecule has 0 aliphatic heterocycles. The number of alkyl halides is 3. The number of aromatic amines is 1. The van der Waals surface area contributed by atoms with Crippen molar-refractivity contribution in [2.75, 3.05) is 13.2 Å². The fourth-order valence-electron chi connectivity index (χ4n) is 3.99. The fourth-order valence-corrected chi connectivity index (χ4v) is 3.99. The van der Waals surface area contributed by atoms with E-state index in [-0.39, 0.29) is 19.1 Å². The van der Waals surface area contributed by atoms with Crippen molar-refractivity contribution in [3.63, 3.8) is 0 Å². The summed E-state index contributed by atoms with van der Waals surface area (Å²) >= 11 is 0. The molecule has 0 saturated heterocycles. The van der Waals surface area contributed by atoms with Crippen LogP contribution in [0.2, 0.25) is 0 Å². The van der Waals surface area contributed by atoms with Crippen LogP contribution in [0.25, 0.3) is 10.9 Å². The molecule has 1 unspecified atom stereocenters. The molecule has 29 heavy (non-hydrogen) atoms. The third-order valence-electron chi connectivity index (χ3n) is 5.33. The molecule has 5 nitrogen and oxygen atoms in total. The minimum atomic E-state index is -4.39. The van der Waals surface area contributed by atoms with Gasteiger partial charge in [-0.05, 0) is 69.2 Å². The number of hydrogen-bond donors (Lipinski definition) is 1. The van der Waals surface area contributed by atoms with Crippen LogP contribution in [0, 0.1) is 11.8 Å². The van der Waals surface area contributed by atoms with Crippen molar-refractivity contribution in [2.45, 2.75) is 45.7 Å². The second kappa shape index (κ2) is 8.47. The van der Waals surface area contributed by atoms with E-state index in [9.17, 15) is 22.8 Å². The molecule has 1 aliphatic carbocycles. The van der Waals surface area contributed by atoms with E-state index in [1.807, 2.05) is 0 Å². The zero-order valence-corrected chi connectivity index (χ0v) is 16.4. The van der Waals surface area contributed by atoms with Gasteiger partial charge in [-0.25, -0.2) is 0 Å². The number of aromatic nitrogens is 1. The van der Waals surface area contributed by atoms with Crippen molar-refractivity contribution < 1.29 is 32.2 Å². The molecule has 0 saturated carbocycles. The molecular weight excluding hydrogens is 387 g/mol. The van der Waals surface area contributed by atoms with Gasteiger partial charge in [0.1, 0.15) is 0 Å². The van der Waals surface area contributed by atoms with Crippen molar-refractivity contribution in [1.82, 2.24) is 4.98 Å². The SMILES string of the molecule is CCOC(=O)C(CC1CCc2c([nH]c3ccc(C(F)(F)F)cc23)C1)C(=O)OCC. The van der Waals surface area contributed by atoms with Gasteiger partial charge in [-0.15, -0.1) is 0 Å². The summed E-state index contributed by atoms with van der Waals surface area (Å²) in [4.78, 5) is 27.6. The van der Waals surface area contributed by atoms with Gasteiger partial charge < -0.3 is 14.5 Å². The molecular formula is C21H24F3NO4. The highest BCUT2D eigenvalue weighted by molar-refractivity contribution is 5.95. The quantitative estimate of drug-likeness (QED) is 0.564. The number of carbonyl (C=O) groups excluding carboxylic acids is 2. The first-order valence-electron chi connectivity index (χ1n) is 9.78. The van der Waals surface area contributed by atoms with Crippen molar-refractivity contribution >= 4 is 22.8 Å². The standard InChI is InChI=1S/C21H24F3NO4/c1-3-28-19(26)16(20(27)29-4-2)9-12-5-7-14-15-11-13(21(22,23)24)6-8-17(15)25-18(14)10-12/h6,8,11-12,16,25H,3-5,7,9-10H2,1-2H3. The second-order valence-electron chi connectivity index (χ2n) is 7.24. The highest BCUT2D eigenvalue weighted by atomic mass is 19.4. The number of fused-ring (bicyclic) bond motifs is 3. The lowest BCUT2D eigenvalue weighted by Crippen LogP contribution is -2.31. The molecule has 158 valence electrons. The summed E-state index contributed by atoms with van der Waals surface area (Å²) in [5.74, 6) is -2.15. The van der Waals surface area contributed by atoms with Gasteiger partial charge in [0.25, 0.3) is 0 Å². The number of nitrogens with one attached hydrogen (secondary N) is 1. The molecule has 2 aromatic rings. The van der Waals surface area contributed by atoms with Crippen molar-refractivity contribution in [2.24, 2.45) is 11.8 Å². The van der Waals surface area contributed by atoms with E-state index in [0.717, 1.165) is 17.3 Å². The van der Waals surface area contributed by atoms with E-state index in [1.165, 1.54) is 12.1 Å². The van der Waals surface area contributed by atoms with Crippen LogP contribution in [-0.2, 0) is 38.1 Å². The van der Waals surface area contributed by atoms with Crippen LogP contribution < -0.4 is 0 Å². The molecule has 1 aliphatic rings. The number of carbonyl (C=O) groups is 2. The van der Waals surface area contributed by atoms with Crippen LogP contribution in [0.15, 0.2) is 18.2 Å². The van der Waals surface area contributed by atoms with Crippen molar-refractivity contribution in [1.29, 1.82) is 0 Å². The van der Waals surface area contributed by atoms with Crippen LogP contribution in [0.3, 0.4) is 0 Å². The first-order valence-corrected chi connectivity index (χ1v) is 9.78. The molecule has 0 fully saturated rings. The Morgan fingerprint density at radius 1 is 1.17 bits per heavy atom. The average molecular weight is 411 g/mol. The number of esters is 2. The second-order valence-corrected chi connectivity index (χ2v) is 7.24. The first kappa shape index (κ1) is 21.2. The summed E-state index contributed by atoms with van der Waals surface area (Å²) in [6.07, 6.45) is -2.28. The first-order chi connectivity index (χ1) is 13.7. The molecule has 1 N–H and O–H groups in total. The number of hydrogen-bond acceptors (Lipinski definition) is 4. The lowest BCUT2D eigenvalue weighted by molar-refractivity contribution is -0.162. The number of aryl methyl sites for hydroxylation is 1. The normalized spacial score (nSPS) is 16.7. The third-order valence-corrected chi connectivity index (χ3v) is 5.33. The number of ether oxygens (including phenoxy) is 2. The van der Waals surface area contributed by atoms with Gasteiger partial charge in [-0.3, -0.25) is 9.59 Å². The van der Waals surface area contributed by atoms with Gasteiger partial charge in [-0.1, -0.05) is 0 Å². The minimum absolute atomic E-state index is 0.0245. The van der Waals surface area contributed by atoms with E-state index in [2.05, 4.69) is 4.98 Å². The van der Waals surface area contributed by atoms with Gasteiger partial charge in [0.2, 0.25) is 0 Å². The number of halogens is 3. The summed E-state index contributed by atoms with van der Waals surface area (Å²) in [7, 11) is 0. The van der Waals surface area contributed by atoms with Crippen LogP contribution in [0.1, 0.15) is 43.5 Å². The van der Waals surface area contributed by atoms with E-state index >= 15 is 0 Å². The topological polar surface area (TPSA) is 68.4 Å². The Morgan fingerprint density at radius 2 is 1.83 bits per heavy atom. The predicted molar refractivity (Wildman–Crippen MR) is 100 cm³/mol. The Morgan fingerprint density at radius 3 is 2.41 bits per heavy atom. The molecule has 0 spiro atoms. The molecule has 0 bridgehead atoms. The molecule has 1 aromatic heterocycles. The maximum absolute atomic E-state index is 13.0. The Bertz CT molecular complexity index is 885. The highest BCUT2D eigenvalue weighted by Gasteiger charge is 2.35. The Balaban J connectivity index is 1.81. The van der Waals surface area contributed by atoms with Crippen molar-refractivity contribution in [3.05, 3.63) is 35.0 Å². The van der Waals surface area contributed by atoms with E-state index in [0.29, 0.717) is 36.6 Å². The molecule has 1 aromatic carbocycles. The summed E-state index contributed by atoms with van der Waals surface area (Å²) in [5.41, 5.74) is 1.74. The fraction of sp³-hybridized carbons (Fsp3) is 0.524. The van der Waals surface area contributed by atoms with E-state index in [1.54, 1.807) is 13.8 Å². The van der Waals surface area contributed by atoms with Gasteiger partial charge in [-0.2, -0.15) is 13.2 Å². The average Bonchev–Trinajstić information content (AvgIpc) is 3.02. The predicted octanol–water partition coefficient (Wildman–Crippen LogP) is 4.42. The lowest BCUT2D eigenvalue weighted by Gasteiger charge is -2.25. The molecule has 1 heterocycles. The van der Waals surface area contributed by atoms with Gasteiger partial charge in [0.15, 0.2) is 5.92 Å². The lowest BCUT2D eigenvalue weighted by atomic mass is 9.81. The Kier molecular flexibility index (Phi) is 6.19. The molecule has 8 heteroatoms. The summed E-state index contributed by atoms with van der Waals surface area (Å²) in [6.45, 7) is 3.69. The van der Waals surface area contributed by atoms with E-state index < -0.39 is 29.6 Å². The van der Waals surface area contributed by atoms with Gasteiger partial charge in [0, 0.05) is 16.6 Å². The number of benzene rings is 1. The van der Waals surface area contributed by atoms with Crippen LogP contribution >= 0.6 is 0 Å². The van der Waals surface area contributed by atoms with Crippen LogP contribution in [0.5, 0.6) is 0 Å². The molecule has 0 radical (unpaired) electrons. The molecule has 1 atom stereocenters. The molecule has 0 amide bonds. The maximum Gasteiger partial charge on any atom is 0.416 e. The smallest absolute Gasteiger partial charge is 0.416 e. The van der Waals surface area contributed by atoms with E-state index in [4.69, 9.17) is 9.47 Å². The zero-order chi connectivity index (χ0) is 21.2. The number of H-pyrrole nitrogens is 1. The van der Waals surface area contributed by atoms with Crippen LogP contribution in [0.4, 0.5) is 13.2 Å². The van der Waals surface area contributed by atoms with Crippen LogP contribution in [-0.4, -0.2) is 30.1 Å². The number of rotatable bonds is 6. The Labute approximate surface area is 166 Å². The third kappa shape index (κ3) is 4.57. The Hall–Kier alpha value is -2.51. The maximum atomic E-state index is 13.0. The van der Waals surface area contributed by atoms with Gasteiger partial charge >= 0.3 is 18.1 Å². The minimum Gasteiger partial charge on any atom is -0.465 e. The summed E-state index contributed by atoms with van der Waals surface area (Å²) in [5, 5.41) is 0.584. The zero-order valence-electron chi connectivity index (χ0n) is 16.4. The highest BCUT2D eigenvalue weighted by Crippen LogP contribution is 2.37. The van der Waals surface area contributed by atoms with Crippen molar-refractivity contribution in [3.8, 4) is 0 Å². The largest absolute Gasteiger partial charge is 0.465 e. The summed E-state index contributed by atoms with van der Waals surface area (Å²) in [6, 6.07) is 3.70. The molecule has 3 rings (SSSR count).